The molecule has 0 saturated carbocycles. The maximum absolute atomic E-state index is 12.1. The van der Waals surface area contributed by atoms with Crippen LogP contribution in [0.25, 0.3) is 0 Å². The fourth-order valence-electron chi connectivity index (χ4n) is 1.98. The average molecular weight is 314 g/mol. The molecule has 0 spiro atoms. The topological polar surface area (TPSA) is 50.4 Å². The van der Waals surface area contributed by atoms with Gasteiger partial charge in [-0.2, -0.15) is 0 Å². The normalized spacial score (nSPS) is 11.4. The van der Waals surface area contributed by atoms with Gasteiger partial charge in [-0.25, -0.2) is 0 Å². The van der Waals surface area contributed by atoms with Crippen LogP contribution in [0, 0.1) is 0 Å². The summed E-state index contributed by atoms with van der Waals surface area (Å²) in [7, 11) is 1.58. The van der Waals surface area contributed by atoms with Crippen LogP contribution in [0.2, 0.25) is 0 Å². The zero-order chi connectivity index (χ0) is 15.9. The van der Waals surface area contributed by atoms with Crippen LogP contribution < -0.4 is 15.4 Å². The summed E-state index contributed by atoms with van der Waals surface area (Å²) >= 11 is 5.19. The first-order valence-corrected chi connectivity index (χ1v) is 7.32. The van der Waals surface area contributed by atoms with E-state index in [2.05, 4.69) is 10.6 Å². The third-order valence-electron chi connectivity index (χ3n) is 3.23. The van der Waals surface area contributed by atoms with Gasteiger partial charge in [-0.05, 0) is 49.0 Å². The highest BCUT2D eigenvalue weighted by Crippen LogP contribution is 2.12. The summed E-state index contributed by atoms with van der Waals surface area (Å²) in [6.07, 6.45) is 0. The van der Waals surface area contributed by atoms with E-state index in [4.69, 9.17) is 17.0 Å². The van der Waals surface area contributed by atoms with E-state index in [1.807, 2.05) is 37.3 Å². The Balaban J connectivity index is 1.92. The SMILES string of the molecule is COc1ccc(C(=O)NC(=S)N[C@H](C)c2ccccc2)cc1. The molecule has 0 aliphatic rings. The summed E-state index contributed by atoms with van der Waals surface area (Å²) in [6, 6.07) is 16.8. The highest BCUT2D eigenvalue weighted by Gasteiger charge is 2.10. The van der Waals surface area contributed by atoms with Gasteiger partial charge in [0.05, 0.1) is 13.2 Å². The van der Waals surface area contributed by atoms with E-state index in [0.29, 0.717) is 16.4 Å². The van der Waals surface area contributed by atoms with Crippen molar-refractivity contribution in [3.63, 3.8) is 0 Å². The molecule has 1 atom stereocenters. The lowest BCUT2D eigenvalue weighted by Crippen LogP contribution is -2.40. The van der Waals surface area contributed by atoms with Crippen molar-refractivity contribution in [1.82, 2.24) is 10.6 Å². The predicted molar refractivity (Wildman–Crippen MR) is 91.1 cm³/mol. The number of hydrogen-bond donors (Lipinski definition) is 2. The highest BCUT2D eigenvalue weighted by atomic mass is 32.1. The van der Waals surface area contributed by atoms with Crippen LogP contribution in [0.1, 0.15) is 28.9 Å². The molecule has 0 aromatic heterocycles. The van der Waals surface area contributed by atoms with Crippen molar-refractivity contribution in [3.8, 4) is 5.75 Å². The Morgan fingerprint density at radius 2 is 1.73 bits per heavy atom. The molecule has 0 fully saturated rings. The number of rotatable bonds is 4. The average Bonchev–Trinajstić information content (AvgIpc) is 2.55. The lowest BCUT2D eigenvalue weighted by molar-refractivity contribution is 0.0976. The Bertz CT molecular complexity index is 641. The Morgan fingerprint density at radius 1 is 1.09 bits per heavy atom. The molecule has 2 rings (SSSR count). The number of carbonyl (C=O) groups is 1. The number of thiocarbonyl (C=S) groups is 1. The Labute approximate surface area is 135 Å². The molecule has 0 saturated heterocycles. The molecule has 2 aromatic rings. The van der Waals surface area contributed by atoms with Gasteiger partial charge in [0.15, 0.2) is 5.11 Å². The second-order valence-electron chi connectivity index (χ2n) is 4.79. The molecule has 0 unspecified atom stereocenters. The van der Waals surface area contributed by atoms with Crippen molar-refractivity contribution in [2.24, 2.45) is 0 Å². The highest BCUT2D eigenvalue weighted by molar-refractivity contribution is 7.80. The summed E-state index contributed by atoms with van der Waals surface area (Å²) in [5, 5.41) is 6.07. The number of nitrogens with one attached hydrogen (secondary N) is 2. The molecule has 0 aliphatic carbocycles. The zero-order valence-corrected chi connectivity index (χ0v) is 13.3. The summed E-state index contributed by atoms with van der Waals surface area (Å²) < 4.78 is 5.06. The first-order chi connectivity index (χ1) is 10.6. The molecule has 4 nitrogen and oxygen atoms in total. The van der Waals surface area contributed by atoms with Gasteiger partial charge in [0.2, 0.25) is 0 Å². The smallest absolute Gasteiger partial charge is 0.257 e. The minimum absolute atomic E-state index is 0.0184. The van der Waals surface area contributed by atoms with Crippen molar-refractivity contribution in [2.75, 3.05) is 7.11 Å². The first-order valence-electron chi connectivity index (χ1n) is 6.91. The lowest BCUT2D eigenvalue weighted by atomic mass is 10.1. The third kappa shape index (κ3) is 4.30. The quantitative estimate of drug-likeness (QED) is 0.852. The van der Waals surface area contributed by atoms with E-state index in [-0.39, 0.29) is 11.9 Å². The van der Waals surface area contributed by atoms with Crippen molar-refractivity contribution in [2.45, 2.75) is 13.0 Å². The Kier molecular flexibility index (Phi) is 5.49. The fraction of sp³-hybridized carbons (Fsp3) is 0.176. The van der Waals surface area contributed by atoms with Crippen LogP contribution in [-0.4, -0.2) is 18.1 Å². The predicted octanol–water partition coefficient (Wildman–Crippen LogP) is 3.06. The van der Waals surface area contributed by atoms with E-state index >= 15 is 0 Å². The van der Waals surface area contributed by atoms with Gasteiger partial charge in [0.1, 0.15) is 5.75 Å². The van der Waals surface area contributed by atoms with Gasteiger partial charge in [-0.3, -0.25) is 10.1 Å². The van der Waals surface area contributed by atoms with Crippen LogP contribution >= 0.6 is 12.2 Å². The molecule has 114 valence electrons. The second kappa shape index (κ2) is 7.56. The molecule has 0 heterocycles. The van der Waals surface area contributed by atoms with E-state index in [0.717, 1.165) is 5.56 Å². The summed E-state index contributed by atoms with van der Waals surface area (Å²) in [4.78, 5) is 12.1. The molecule has 0 bridgehead atoms. The molecule has 2 aromatic carbocycles. The van der Waals surface area contributed by atoms with Gasteiger partial charge < -0.3 is 10.1 Å². The standard InChI is InChI=1S/C17H18N2O2S/c1-12(13-6-4-3-5-7-13)18-17(22)19-16(20)14-8-10-15(21-2)11-9-14/h3-12H,1-2H3,(H2,18,19,20,22)/t12-/m1/s1. The maximum atomic E-state index is 12.1. The Morgan fingerprint density at radius 3 is 2.32 bits per heavy atom. The number of methoxy groups -OCH3 is 1. The van der Waals surface area contributed by atoms with Crippen molar-refractivity contribution in [1.29, 1.82) is 0 Å². The monoisotopic (exact) mass is 314 g/mol. The molecule has 5 heteroatoms. The minimum atomic E-state index is -0.250. The largest absolute Gasteiger partial charge is 0.497 e. The first kappa shape index (κ1) is 16.0. The van der Waals surface area contributed by atoms with Crippen LogP contribution in [0.4, 0.5) is 0 Å². The van der Waals surface area contributed by atoms with Gasteiger partial charge in [-0.1, -0.05) is 30.3 Å². The number of ether oxygens (including phenoxy) is 1. The second-order valence-corrected chi connectivity index (χ2v) is 5.20. The van der Waals surface area contributed by atoms with E-state index in [1.54, 1.807) is 31.4 Å². The summed E-state index contributed by atoms with van der Waals surface area (Å²) in [6.45, 7) is 1.99. The molecular formula is C17H18N2O2S. The van der Waals surface area contributed by atoms with Crippen LogP contribution in [0.3, 0.4) is 0 Å². The van der Waals surface area contributed by atoms with Crippen molar-refractivity contribution >= 4 is 23.2 Å². The van der Waals surface area contributed by atoms with E-state index in [9.17, 15) is 4.79 Å². The number of benzene rings is 2. The van der Waals surface area contributed by atoms with Crippen LogP contribution in [0.5, 0.6) is 5.75 Å². The molecule has 2 N–H and O–H groups in total. The number of hydrogen-bond acceptors (Lipinski definition) is 3. The number of carbonyl (C=O) groups excluding carboxylic acids is 1. The molecule has 22 heavy (non-hydrogen) atoms. The van der Waals surface area contributed by atoms with Gasteiger partial charge in [0.25, 0.3) is 5.91 Å². The van der Waals surface area contributed by atoms with Crippen LogP contribution in [0.15, 0.2) is 54.6 Å². The van der Waals surface area contributed by atoms with Gasteiger partial charge in [-0.15, -0.1) is 0 Å². The van der Waals surface area contributed by atoms with Gasteiger partial charge in [0, 0.05) is 5.56 Å². The summed E-state index contributed by atoms with van der Waals surface area (Å²) in [5.41, 5.74) is 1.63. The Hall–Kier alpha value is -2.40. The zero-order valence-electron chi connectivity index (χ0n) is 12.5. The molecular weight excluding hydrogens is 296 g/mol. The van der Waals surface area contributed by atoms with Crippen LogP contribution in [-0.2, 0) is 0 Å². The number of amides is 1. The third-order valence-corrected chi connectivity index (χ3v) is 3.45. The molecule has 0 radical (unpaired) electrons. The van der Waals surface area contributed by atoms with Crippen molar-refractivity contribution in [3.05, 3.63) is 65.7 Å². The summed E-state index contributed by atoms with van der Waals surface area (Å²) in [5.74, 6) is 0.454. The fourth-order valence-corrected chi connectivity index (χ4v) is 2.24. The van der Waals surface area contributed by atoms with Gasteiger partial charge >= 0.3 is 0 Å². The van der Waals surface area contributed by atoms with E-state index in [1.165, 1.54) is 0 Å². The molecule has 1 amide bonds. The van der Waals surface area contributed by atoms with E-state index < -0.39 is 0 Å². The van der Waals surface area contributed by atoms with Crippen molar-refractivity contribution < 1.29 is 9.53 Å². The maximum Gasteiger partial charge on any atom is 0.257 e. The minimum Gasteiger partial charge on any atom is -0.497 e. The molecule has 0 aliphatic heterocycles. The lowest BCUT2D eigenvalue weighted by Gasteiger charge is -2.16.